The van der Waals surface area contributed by atoms with E-state index in [2.05, 4.69) is 22.1 Å². The van der Waals surface area contributed by atoms with Gasteiger partial charge < -0.3 is 20.3 Å². The van der Waals surface area contributed by atoms with Crippen LogP contribution in [0.3, 0.4) is 0 Å². The lowest BCUT2D eigenvalue weighted by Gasteiger charge is -2.34. The fourth-order valence-corrected chi connectivity index (χ4v) is 4.94. The zero-order valence-electron chi connectivity index (χ0n) is 21.2. The monoisotopic (exact) mass is 567 g/mol. The summed E-state index contributed by atoms with van der Waals surface area (Å²) in [5.41, 5.74) is -4.04. The molecule has 13 heteroatoms. The number of ether oxygens (including phenoxy) is 1. The minimum absolute atomic E-state index is 0.0219. The van der Waals surface area contributed by atoms with Gasteiger partial charge in [-0.3, -0.25) is 9.48 Å². The molecule has 1 aliphatic rings. The van der Waals surface area contributed by atoms with E-state index in [1.807, 2.05) is 0 Å². The van der Waals surface area contributed by atoms with Crippen LogP contribution in [0, 0.1) is 5.92 Å². The molecule has 0 radical (unpaired) electrons. The molecule has 3 rings (SSSR count). The highest BCUT2D eigenvalue weighted by atomic mass is 35.5. The predicted octanol–water partition coefficient (Wildman–Crippen LogP) is 5.66. The molecule has 1 saturated carbocycles. The average Bonchev–Trinajstić information content (AvgIpc) is 3.14. The summed E-state index contributed by atoms with van der Waals surface area (Å²) < 4.78 is 71.2. The first kappa shape index (κ1) is 30.1. The number of nitrogens with zero attached hydrogens (tertiary/aromatic N) is 2. The Morgan fingerprint density at radius 2 is 1.95 bits per heavy atom. The number of alkyl halides is 5. The van der Waals surface area contributed by atoms with Crippen LogP contribution in [0.4, 0.5) is 22.0 Å². The van der Waals surface area contributed by atoms with Crippen molar-refractivity contribution in [3.63, 3.8) is 0 Å². The third-order valence-electron chi connectivity index (χ3n) is 6.81. The molecule has 0 aliphatic heterocycles. The second kappa shape index (κ2) is 11.4. The highest BCUT2D eigenvalue weighted by molar-refractivity contribution is 6.36. The van der Waals surface area contributed by atoms with Gasteiger partial charge in [-0.05, 0) is 63.1 Å². The van der Waals surface area contributed by atoms with Gasteiger partial charge in [0.2, 0.25) is 0 Å². The van der Waals surface area contributed by atoms with Crippen molar-refractivity contribution in [3.05, 3.63) is 34.5 Å². The Bertz CT molecular complexity index is 1140. The largest absolute Gasteiger partial charge is 0.434 e. The molecule has 0 saturated heterocycles. The molecule has 1 aromatic carbocycles. The van der Waals surface area contributed by atoms with Crippen LogP contribution in [0.2, 0.25) is 5.02 Å². The van der Waals surface area contributed by atoms with Gasteiger partial charge in [0.05, 0.1) is 28.3 Å². The van der Waals surface area contributed by atoms with E-state index in [4.69, 9.17) is 11.6 Å². The van der Waals surface area contributed by atoms with Crippen molar-refractivity contribution in [2.24, 2.45) is 5.92 Å². The Labute approximate surface area is 221 Å². The Hall–Kier alpha value is -2.44. The summed E-state index contributed by atoms with van der Waals surface area (Å²) in [5.74, 6) is -0.748. The number of carbonyl (C=O) groups excluding carboxylic acids is 1. The molecule has 0 bridgehead atoms. The van der Waals surface area contributed by atoms with Gasteiger partial charge in [0.15, 0.2) is 5.69 Å². The summed E-state index contributed by atoms with van der Waals surface area (Å²) in [7, 11) is 0. The van der Waals surface area contributed by atoms with Crippen molar-refractivity contribution in [1.82, 2.24) is 15.1 Å². The number of aryl methyl sites for hydroxylation is 1. The number of nitrogens with one attached hydrogen (secondary N) is 1. The Morgan fingerprint density at radius 3 is 2.50 bits per heavy atom. The van der Waals surface area contributed by atoms with Crippen LogP contribution in [0.1, 0.15) is 68.9 Å². The molecule has 1 aromatic heterocycles. The Morgan fingerprint density at radius 1 is 1.32 bits per heavy atom. The number of carbonyl (C=O) groups is 1. The lowest BCUT2D eigenvalue weighted by Crippen LogP contribution is -2.45. The van der Waals surface area contributed by atoms with Gasteiger partial charge in [-0.1, -0.05) is 24.6 Å². The summed E-state index contributed by atoms with van der Waals surface area (Å²) in [6, 6.07) is 3.21. The standard InChI is InChI=1S/C25H31ClF5N3O4/c1-4-34-20(18(26)19(33-34)21(35)32-13-24(37)9-7-14(2)8-10-24)16-6-5-15(11-17(16)38-22(27)28)23(3,36)12-25(29,30)31/h5-6,11,14,22,36-37H,4,7-10,12-13H2,1-3H3,(H,32,35)/t14?,23-,24?/m0/s1. The van der Waals surface area contributed by atoms with Gasteiger partial charge in [0.25, 0.3) is 5.91 Å². The van der Waals surface area contributed by atoms with E-state index < -0.39 is 42.1 Å². The zero-order chi connectivity index (χ0) is 28.5. The zero-order valence-corrected chi connectivity index (χ0v) is 22.0. The van der Waals surface area contributed by atoms with Crippen molar-refractivity contribution in [1.29, 1.82) is 0 Å². The molecular weight excluding hydrogens is 537 g/mol. The second-order valence-corrected chi connectivity index (χ2v) is 10.4. The molecule has 7 nitrogen and oxygen atoms in total. The van der Waals surface area contributed by atoms with Gasteiger partial charge in [-0.2, -0.15) is 27.1 Å². The van der Waals surface area contributed by atoms with Gasteiger partial charge in [0, 0.05) is 18.7 Å². The van der Waals surface area contributed by atoms with Crippen LogP contribution in [-0.2, 0) is 12.1 Å². The van der Waals surface area contributed by atoms with Crippen molar-refractivity contribution < 1.29 is 41.7 Å². The molecule has 0 spiro atoms. The summed E-state index contributed by atoms with van der Waals surface area (Å²) in [5, 5.41) is 27.8. The molecule has 38 heavy (non-hydrogen) atoms. The quantitative estimate of drug-likeness (QED) is 0.340. The molecule has 1 amide bonds. The third kappa shape index (κ3) is 7.15. The van der Waals surface area contributed by atoms with Crippen molar-refractivity contribution in [2.75, 3.05) is 6.54 Å². The fraction of sp³-hybridized carbons (Fsp3) is 0.600. The van der Waals surface area contributed by atoms with Crippen molar-refractivity contribution >= 4 is 17.5 Å². The van der Waals surface area contributed by atoms with E-state index in [1.54, 1.807) is 6.92 Å². The molecule has 1 heterocycles. The van der Waals surface area contributed by atoms with Crippen LogP contribution >= 0.6 is 11.6 Å². The Kier molecular flexibility index (Phi) is 8.99. The van der Waals surface area contributed by atoms with E-state index in [1.165, 1.54) is 10.7 Å². The van der Waals surface area contributed by atoms with Gasteiger partial charge in [-0.25, -0.2) is 0 Å². The molecule has 212 valence electrons. The predicted molar refractivity (Wildman–Crippen MR) is 130 cm³/mol. The van der Waals surface area contributed by atoms with E-state index in [0.717, 1.165) is 31.9 Å². The fourth-order valence-electron chi connectivity index (χ4n) is 4.61. The maximum atomic E-state index is 13.3. The Balaban J connectivity index is 1.96. The normalized spacial score (nSPS) is 21.8. The molecule has 0 unspecified atom stereocenters. The SMILES string of the molecule is CCn1nc(C(=O)NCC2(O)CCC(C)CC2)c(Cl)c1-c1ccc([C@@](C)(O)CC(F)(F)F)cc1OC(F)F. The molecular formula is C25H31ClF5N3O4. The second-order valence-electron chi connectivity index (χ2n) is 10.1. The van der Waals surface area contributed by atoms with Crippen LogP contribution in [0.15, 0.2) is 18.2 Å². The average molecular weight is 568 g/mol. The number of aliphatic hydroxyl groups is 2. The molecule has 3 N–H and O–H groups in total. The number of benzene rings is 1. The van der Waals surface area contributed by atoms with E-state index in [0.29, 0.717) is 18.8 Å². The minimum atomic E-state index is -4.72. The van der Waals surface area contributed by atoms with E-state index >= 15 is 0 Å². The highest BCUT2D eigenvalue weighted by Crippen LogP contribution is 2.42. The number of halogens is 6. The first-order chi connectivity index (χ1) is 17.5. The van der Waals surface area contributed by atoms with Crippen molar-refractivity contribution in [3.8, 4) is 17.0 Å². The number of rotatable bonds is 9. The van der Waals surface area contributed by atoms with Gasteiger partial charge in [0.1, 0.15) is 5.75 Å². The lowest BCUT2D eigenvalue weighted by atomic mass is 9.79. The molecule has 1 atom stereocenters. The summed E-state index contributed by atoms with van der Waals surface area (Å²) >= 11 is 6.49. The summed E-state index contributed by atoms with van der Waals surface area (Å²) in [4.78, 5) is 12.9. The maximum Gasteiger partial charge on any atom is 0.392 e. The van der Waals surface area contributed by atoms with Gasteiger partial charge >= 0.3 is 12.8 Å². The van der Waals surface area contributed by atoms with Crippen LogP contribution < -0.4 is 10.1 Å². The molecule has 2 aromatic rings. The number of hydrogen-bond acceptors (Lipinski definition) is 5. The first-order valence-electron chi connectivity index (χ1n) is 12.2. The van der Waals surface area contributed by atoms with Crippen LogP contribution in [0.25, 0.3) is 11.3 Å². The van der Waals surface area contributed by atoms with E-state index in [9.17, 15) is 37.0 Å². The first-order valence-corrected chi connectivity index (χ1v) is 12.6. The maximum absolute atomic E-state index is 13.3. The summed E-state index contributed by atoms with van der Waals surface area (Å²) in [6.45, 7) is 1.46. The van der Waals surface area contributed by atoms with Crippen LogP contribution in [-0.4, -0.2) is 50.8 Å². The topological polar surface area (TPSA) is 96.6 Å². The lowest BCUT2D eigenvalue weighted by molar-refractivity contribution is -0.174. The summed E-state index contributed by atoms with van der Waals surface area (Å²) in [6.07, 6.45) is -3.65. The third-order valence-corrected chi connectivity index (χ3v) is 7.17. The van der Waals surface area contributed by atoms with Gasteiger partial charge in [-0.15, -0.1) is 0 Å². The highest BCUT2D eigenvalue weighted by Gasteiger charge is 2.40. The molecule has 1 aliphatic carbocycles. The minimum Gasteiger partial charge on any atom is -0.434 e. The van der Waals surface area contributed by atoms with Crippen molar-refractivity contribution in [2.45, 2.75) is 83.4 Å². The smallest absolute Gasteiger partial charge is 0.392 e. The number of aromatic nitrogens is 2. The number of amides is 1. The molecule has 1 fully saturated rings. The van der Waals surface area contributed by atoms with Crippen LogP contribution in [0.5, 0.6) is 5.75 Å². The number of hydrogen-bond donors (Lipinski definition) is 3. The van der Waals surface area contributed by atoms with E-state index in [-0.39, 0.29) is 40.6 Å².